The summed E-state index contributed by atoms with van der Waals surface area (Å²) in [5.41, 5.74) is 4.65. The molecule has 144 valence electrons. The monoisotopic (exact) mass is 373 g/mol. The number of rotatable bonds is 5. The molecule has 0 radical (unpaired) electrons. The fourth-order valence-corrected chi connectivity index (χ4v) is 2.41. The van der Waals surface area contributed by atoms with Gasteiger partial charge in [0, 0.05) is 5.92 Å². The lowest BCUT2D eigenvalue weighted by Crippen LogP contribution is -2.35. The smallest absolute Gasteiger partial charge is 0.408 e. The molecule has 1 saturated carbocycles. The van der Waals surface area contributed by atoms with E-state index < -0.39 is 23.6 Å². The Morgan fingerprint density at radius 1 is 1.30 bits per heavy atom. The van der Waals surface area contributed by atoms with E-state index in [9.17, 15) is 9.59 Å². The number of carbonyl (C=O) groups excluding carboxylic acids is 2. The summed E-state index contributed by atoms with van der Waals surface area (Å²) >= 11 is 0. The summed E-state index contributed by atoms with van der Waals surface area (Å²) in [6.07, 6.45) is 4.20. The first-order valence-electron chi connectivity index (χ1n) is 8.72. The lowest BCUT2D eigenvalue weighted by molar-refractivity contribution is 0.0505. The lowest BCUT2D eigenvalue weighted by Gasteiger charge is -2.21. The molecule has 2 aromatic rings. The Balaban J connectivity index is 1.87. The third-order valence-electron chi connectivity index (χ3n) is 3.82. The van der Waals surface area contributed by atoms with Crippen molar-refractivity contribution < 1.29 is 14.3 Å². The molecule has 1 unspecified atom stereocenters. The van der Waals surface area contributed by atoms with Crippen LogP contribution in [0.1, 0.15) is 74.6 Å². The van der Waals surface area contributed by atoms with Gasteiger partial charge in [-0.1, -0.05) is 0 Å². The summed E-state index contributed by atoms with van der Waals surface area (Å²) < 4.78 is 6.82. The molecule has 3 N–H and O–H groups in total. The van der Waals surface area contributed by atoms with Gasteiger partial charge in [0.15, 0.2) is 17.5 Å². The molecule has 0 spiro atoms. The van der Waals surface area contributed by atoms with Crippen molar-refractivity contribution >= 4 is 12.0 Å². The maximum absolute atomic E-state index is 12.1. The standard InChI is InChI=1S/C17H23N7O3/c1-9(21-16(26)27-17(2,3)4)15-22-14(10-5-6-10)23-24(15)12-8-19-11(7-20-12)13(18)25/h7-10H,5-6H2,1-4H3,(H2,18,25)(H,21,26). The van der Waals surface area contributed by atoms with Gasteiger partial charge in [0.05, 0.1) is 18.4 Å². The molecule has 0 saturated heterocycles. The highest BCUT2D eigenvalue weighted by atomic mass is 16.6. The minimum Gasteiger partial charge on any atom is -0.444 e. The van der Waals surface area contributed by atoms with E-state index in [-0.39, 0.29) is 5.69 Å². The van der Waals surface area contributed by atoms with Crippen LogP contribution in [0.3, 0.4) is 0 Å². The van der Waals surface area contributed by atoms with Gasteiger partial charge in [0.2, 0.25) is 0 Å². The third kappa shape index (κ3) is 4.57. The second-order valence-corrected chi connectivity index (χ2v) is 7.51. The van der Waals surface area contributed by atoms with Crippen molar-refractivity contribution in [1.29, 1.82) is 0 Å². The van der Waals surface area contributed by atoms with Gasteiger partial charge in [0.25, 0.3) is 5.91 Å². The van der Waals surface area contributed by atoms with Crippen LogP contribution in [0.15, 0.2) is 12.4 Å². The summed E-state index contributed by atoms with van der Waals surface area (Å²) in [5.74, 6) is 1.24. The Morgan fingerprint density at radius 3 is 2.52 bits per heavy atom. The zero-order valence-electron chi connectivity index (χ0n) is 15.8. The molecule has 2 aromatic heterocycles. The van der Waals surface area contributed by atoms with Crippen LogP contribution < -0.4 is 11.1 Å². The average Bonchev–Trinajstić information content (AvgIpc) is 3.31. The SMILES string of the molecule is CC(NC(=O)OC(C)(C)C)c1nc(C2CC2)nn1-c1cnc(C(N)=O)cn1. The number of aromatic nitrogens is 5. The van der Waals surface area contributed by atoms with E-state index in [0.717, 1.165) is 12.8 Å². The summed E-state index contributed by atoms with van der Waals surface area (Å²) in [5, 5.41) is 7.27. The highest BCUT2D eigenvalue weighted by Crippen LogP contribution is 2.38. The highest BCUT2D eigenvalue weighted by molar-refractivity contribution is 5.90. The molecule has 2 amide bonds. The summed E-state index contributed by atoms with van der Waals surface area (Å²) in [4.78, 5) is 36.0. The molecule has 2 heterocycles. The van der Waals surface area contributed by atoms with E-state index in [1.165, 1.54) is 17.1 Å². The Morgan fingerprint density at radius 2 is 2.00 bits per heavy atom. The van der Waals surface area contributed by atoms with E-state index >= 15 is 0 Å². The van der Waals surface area contributed by atoms with Crippen molar-refractivity contribution in [3.05, 3.63) is 29.7 Å². The topological polar surface area (TPSA) is 138 Å². The fraction of sp³-hybridized carbons (Fsp3) is 0.529. The minimum atomic E-state index is -0.661. The van der Waals surface area contributed by atoms with Crippen LogP contribution >= 0.6 is 0 Å². The molecule has 1 atom stereocenters. The van der Waals surface area contributed by atoms with Crippen LogP contribution in [-0.4, -0.2) is 42.3 Å². The predicted octanol–water partition coefficient (Wildman–Crippen LogP) is 1.62. The van der Waals surface area contributed by atoms with Crippen molar-refractivity contribution in [2.75, 3.05) is 0 Å². The van der Waals surface area contributed by atoms with Crippen LogP contribution in [0.4, 0.5) is 4.79 Å². The van der Waals surface area contributed by atoms with E-state index in [0.29, 0.717) is 23.4 Å². The van der Waals surface area contributed by atoms with E-state index in [4.69, 9.17) is 10.5 Å². The molecule has 10 heteroatoms. The van der Waals surface area contributed by atoms with Crippen LogP contribution in [0.5, 0.6) is 0 Å². The zero-order valence-corrected chi connectivity index (χ0v) is 15.8. The number of carbonyl (C=O) groups is 2. The van der Waals surface area contributed by atoms with Gasteiger partial charge in [-0.3, -0.25) is 4.79 Å². The molecular formula is C17H23N7O3. The number of primary amides is 1. The number of hydrogen-bond donors (Lipinski definition) is 2. The molecule has 0 aliphatic heterocycles. The van der Waals surface area contributed by atoms with E-state index in [1.807, 2.05) is 0 Å². The lowest BCUT2D eigenvalue weighted by atomic mass is 10.2. The Bertz CT molecular complexity index is 850. The number of amides is 2. The number of nitrogens with zero attached hydrogens (tertiary/aromatic N) is 5. The van der Waals surface area contributed by atoms with Crippen LogP contribution in [0.25, 0.3) is 5.82 Å². The van der Waals surface area contributed by atoms with Crippen molar-refractivity contribution in [2.45, 2.75) is 58.1 Å². The van der Waals surface area contributed by atoms with Gasteiger partial charge >= 0.3 is 6.09 Å². The van der Waals surface area contributed by atoms with Gasteiger partial charge in [-0.2, -0.15) is 4.68 Å². The number of ether oxygens (including phenoxy) is 1. The largest absolute Gasteiger partial charge is 0.444 e. The Kier molecular flexibility index (Phi) is 4.81. The number of nitrogens with one attached hydrogen (secondary N) is 1. The second-order valence-electron chi connectivity index (χ2n) is 7.51. The molecule has 1 aliphatic carbocycles. The fourth-order valence-electron chi connectivity index (χ4n) is 2.41. The van der Waals surface area contributed by atoms with Gasteiger partial charge in [-0.05, 0) is 40.5 Å². The Labute approximate surface area is 156 Å². The maximum Gasteiger partial charge on any atom is 0.408 e. The second kappa shape index (κ2) is 6.93. The Hall–Kier alpha value is -3.04. The molecule has 1 aliphatic rings. The van der Waals surface area contributed by atoms with Crippen LogP contribution in [0.2, 0.25) is 0 Å². The van der Waals surface area contributed by atoms with Crippen molar-refractivity contribution in [3.63, 3.8) is 0 Å². The van der Waals surface area contributed by atoms with Gasteiger partial charge in [-0.25, -0.2) is 19.7 Å². The average molecular weight is 373 g/mol. The first-order valence-corrected chi connectivity index (χ1v) is 8.72. The normalized spacial score (nSPS) is 15.3. The minimum absolute atomic E-state index is 0.0581. The molecule has 0 aromatic carbocycles. The molecule has 27 heavy (non-hydrogen) atoms. The molecule has 0 bridgehead atoms. The van der Waals surface area contributed by atoms with Crippen LogP contribution in [-0.2, 0) is 4.74 Å². The van der Waals surface area contributed by atoms with Crippen molar-refractivity contribution in [3.8, 4) is 5.82 Å². The molecule has 1 fully saturated rings. The first-order chi connectivity index (χ1) is 12.6. The summed E-state index contributed by atoms with van der Waals surface area (Å²) in [6, 6.07) is -0.475. The summed E-state index contributed by atoms with van der Waals surface area (Å²) in [6.45, 7) is 7.16. The van der Waals surface area contributed by atoms with E-state index in [2.05, 4.69) is 25.4 Å². The van der Waals surface area contributed by atoms with Gasteiger partial charge in [-0.15, -0.1) is 5.10 Å². The number of alkyl carbamates (subject to hydrolysis) is 1. The molecule has 10 nitrogen and oxygen atoms in total. The van der Waals surface area contributed by atoms with E-state index in [1.54, 1.807) is 27.7 Å². The van der Waals surface area contributed by atoms with Gasteiger partial charge < -0.3 is 15.8 Å². The zero-order chi connectivity index (χ0) is 19.8. The first kappa shape index (κ1) is 18.7. The molecular weight excluding hydrogens is 350 g/mol. The maximum atomic E-state index is 12.1. The van der Waals surface area contributed by atoms with Crippen molar-refractivity contribution in [2.24, 2.45) is 5.73 Å². The molecule has 3 rings (SSSR count). The quantitative estimate of drug-likeness (QED) is 0.812. The number of hydrogen-bond acceptors (Lipinski definition) is 7. The summed E-state index contributed by atoms with van der Waals surface area (Å²) in [7, 11) is 0. The highest BCUT2D eigenvalue weighted by Gasteiger charge is 2.31. The van der Waals surface area contributed by atoms with Gasteiger partial charge in [0.1, 0.15) is 11.3 Å². The number of nitrogens with two attached hydrogens (primary N) is 1. The van der Waals surface area contributed by atoms with Crippen molar-refractivity contribution in [1.82, 2.24) is 30.0 Å². The third-order valence-corrected chi connectivity index (χ3v) is 3.82. The van der Waals surface area contributed by atoms with Crippen LogP contribution in [0, 0.1) is 0 Å². The predicted molar refractivity (Wildman–Crippen MR) is 95.2 cm³/mol.